The van der Waals surface area contributed by atoms with E-state index in [1.54, 1.807) is 6.07 Å². The molecule has 0 atom stereocenters. The van der Waals surface area contributed by atoms with Gasteiger partial charge in [0.1, 0.15) is 11.8 Å². The molecule has 0 fully saturated rings. The predicted octanol–water partition coefficient (Wildman–Crippen LogP) is 2.78. The Balaban J connectivity index is 2.54. The van der Waals surface area contributed by atoms with E-state index >= 15 is 0 Å². The van der Waals surface area contributed by atoms with Gasteiger partial charge in [-0.3, -0.25) is 0 Å². The maximum absolute atomic E-state index is 13.2. The van der Waals surface area contributed by atoms with Crippen LogP contribution in [0.3, 0.4) is 0 Å². The van der Waals surface area contributed by atoms with Crippen LogP contribution < -0.4 is 0 Å². The lowest BCUT2D eigenvalue weighted by molar-refractivity contribution is 0.432. The monoisotopic (exact) mass is 229 g/mol. The minimum Gasteiger partial charge on any atom is -0.507 e. The highest BCUT2D eigenvalue weighted by molar-refractivity contribution is 5.67. The average Bonchev–Trinajstić information content (AvgIpc) is 2.33. The molecule has 2 rings (SSSR count). The van der Waals surface area contributed by atoms with Gasteiger partial charge in [0.05, 0.1) is 5.56 Å². The van der Waals surface area contributed by atoms with Gasteiger partial charge in [-0.2, -0.15) is 5.26 Å². The van der Waals surface area contributed by atoms with Crippen LogP contribution in [-0.2, 0) is 0 Å². The summed E-state index contributed by atoms with van der Waals surface area (Å²) in [6, 6.07) is 10.2. The topological polar surface area (TPSA) is 64.2 Å². The Bertz CT molecular complexity index is 617. The molecule has 2 aromatic rings. The summed E-state index contributed by atoms with van der Waals surface area (Å²) in [5, 5.41) is 27.2. The smallest absolute Gasteiger partial charge is 0.165 e. The van der Waals surface area contributed by atoms with Crippen molar-refractivity contribution >= 4 is 0 Å². The number of phenols is 2. The molecule has 0 aliphatic rings. The van der Waals surface area contributed by atoms with Crippen molar-refractivity contribution in [1.82, 2.24) is 0 Å². The van der Waals surface area contributed by atoms with Gasteiger partial charge in [-0.15, -0.1) is 0 Å². The minimum atomic E-state index is -0.728. The van der Waals surface area contributed by atoms with E-state index in [2.05, 4.69) is 0 Å². The first-order valence-corrected chi connectivity index (χ1v) is 4.84. The summed E-state index contributed by atoms with van der Waals surface area (Å²) in [6.45, 7) is 0. The van der Waals surface area contributed by atoms with Crippen LogP contribution in [0.4, 0.5) is 4.39 Å². The lowest BCUT2D eigenvalue weighted by atomic mass is 10.0. The van der Waals surface area contributed by atoms with Crippen LogP contribution in [0.1, 0.15) is 5.56 Å². The lowest BCUT2D eigenvalue weighted by Gasteiger charge is -2.04. The highest BCUT2D eigenvalue weighted by atomic mass is 19.1. The van der Waals surface area contributed by atoms with Crippen molar-refractivity contribution in [1.29, 1.82) is 5.26 Å². The largest absolute Gasteiger partial charge is 0.507 e. The third-order valence-electron chi connectivity index (χ3n) is 2.40. The molecule has 0 amide bonds. The Hall–Kier alpha value is -2.54. The van der Waals surface area contributed by atoms with E-state index in [1.165, 1.54) is 30.3 Å². The molecule has 0 aliphatic heterocycles. The number of hydrogen-bond donors (Lipinski definition) is 2. The number of nitrogens with zero attached hydrogens (tertiary/aromatic N) is 1. The predicted molar refractivity (Wildman–Crippen MR) is 59.9 cm³/mol. The van der Waals surface area contributed by atoms with Gasteiger partial charge in [0.25, 0.3) is 0 Å². The second kappa shape index (κ2) is 4.14. The molecular weight excluding hydrogens is 221 g/mol. The highest BCUT2D eigenvalue weighted by Gasteiger charge is 2.06. The van der Waals surface area contributed by atoms with Gasteiger partial charge in [-0.1, -0.05) is 12.1 Å². The third-order valence-corrected chi connectivity index (χ3v) is 2.40. The fourth-order valence-electron chi connectivity index (χ4n) is 1.49. The first-order chi connectivity index (χ1) is 8.11. The van der Waals surface area contributed by atoms with E-state index in [4.69, 9.17) is 10.4 Å². The van der Waals surface area contributed by atoms with Gasteiger partial charge < -0.3 is 10.2 Å². The number of phenolic OH excluding ortho intramolecular Hbond substituents is 2. The van der Waals surface area contributed by atoms with Gasteiger partial charge in [0.2, 0.25) is 0 Å². The number of halogens is 1. The maximum Gasteiger partial charge on any atom is 0.165 e. The number of aromatic hydroxyl groups is 2. The Kier molecular flexibility index (Phi) is 2.67. The summed E-state index contributed by atoms with van der Waals surface area (Å²) in [5.74, 6) is -1.27. The van der Waals surface area contributed by atoms with Crippen LogP contribution in [0.5, 0.6) is 11.5 Å². The van der Waals surface area contributed by atoms with Gasteiger partial charge >= 0.3 is 0 Å². The molecule has 0 spiro atoms. The molecule has 17 heavy (non-hydrogen) atoms. The Labute approximate surface area is 97.0 Å². The molecule has 4 heteroatoms. The van der Waals surface area contributed by atoms with Gasteiger partial charge in [0, 0.05) is 0 Å². The van der Waals surface area contributed by atoms with Crippen LogP contribution in [0, 0.1) is 17.1 Å². The van der Waals surface area contributed by atoms with Gasteiger partial charge in [0.15, 0.2) is 11.6 Å². The SMILES string of the molecule is N#Cc1cc(-c2ccc(O)c(F)c2)ccc1O. The minimum absolute atomic E-state index is 0.115. The van der Waals surface area contributed by atoms with Gasteiger partial charge in [-0.05, 0) is 35.4 Å². The van der Waals surface area contributed by atoms with Crippen molar-refractivity contribution < 1.29 is 14.6 Å². The maximum atomic E-state index is 13.2. The van der Waals surface area contributed by atoms with Crippen molar-refractivity contribution in [3.05, 3.63) is 47.8 Å². The summed E-state index contributed by atoms with van der Waals surface area (Å²) in [6.07, 6.45) is 0. The second-order valence-electron chi connectivity index (χ2n) is 3.51. The lowest BCUT2D eigenvalue weighted by Crippen LogP contribution is -1.83. The molecule has 0 heterocycles. The zero-order valence-electron chi connectivity index (χ0n) is 8.68. The summed E-state index contributed by atoms with van der Waals surface area (Å²) < 4.78 is 13.2. The molecule has 0 unspecified atom stereocenters. The Morgan fingerprint density at radius 3 is 2.12 bits per heavy atom. The number of hydrogen-bond acceptors (Lipinski definition) is 3. The summed E-state index contributed by atoms with van der Waals surface area (Å²) >= 11 is 0. The van der Waals surface area contributed by atoms with Crippen molar-refractivity contribution in [2.75, 3.05) is 0 Å². The highest BCUT2D eigenvalue weighted by Crippen LogP contribution is 2.28. The standard InChI is InChI=1S/C13H8FNO2/c14-11-6-9(2-4-13(11)17)8-1-3-12(16)10(5-8)7-15/h1-6,16-17H. The molecular formula is C13H8FNO2. The molecule has 84 valence electrons. The average molecular weight is 229 g/mol. The molecule has 0 saturated heterocycles. The van der Waals surface area contributed by atoms with E-state index < -0.39 is 11.6 Å². The second-order valence-corrected chi connectivity index (χ2v) is 3.51. The molecule has 3 nitrogen and oxygen atoms in total. The first-order valence-electron chi connectivity index (χ1n) is 4.84. The first kappa shape index (κ1) is 11.0. The normalized spacial score (nSPS) is 9.88. The van der Waals surface area contributed by atoms with Crippen LogP contribution in [0.15, 0.2) is 36.4 Å². The van der Waals surface area contributed by atoms with E-state index in [9.17, 15) is 9.50 Å². The van der Waals surface area contributed by atoms with E-state index in [0.717, 1.165) is 0 Å². The fourth-order valence-corrected chi connectivity index (χ4v) is 1.49. The van der Waals surface area contributed by atoms with Crippen molar-refractivity contribution in [2.45, 2.75) is 0 Å². The molecule has 0 bridgehead atoms. The summed E-state index contributed by atoms with van der Waals surface area (Å²) in [5.41, 5.74) is 1.24. The van der Waals surface area contributed by atoms with E-state index in [1.807, 2.05) is 6.07 Å². The zero-order valence-corrected chi connectivity index (χ0v) is 8.68. The number of rotatable bonds is 1. The van der Waals surface area contributed by atoms with Crippen LogP contribution in [0.2, 0.25) is 0 Å². The fraction of sp³-hybridized carbons (Fsp3) is 0. The summed E-state index contributed by atoms with van der Waals surface area (Å²) in [7, 11) is 0. The molecule has 2 aromatic carbocycles. The zero-order chi connectivity index (χ0) is 12.4. The van der Waals surface area contributed by atoms with Crippen LogP contribution >= 0.6 is 0 Å². The van der Waals surface area contributed by atoms with Crippen molar-refractivity contribution in [3.8, 4) is 28.7 Å². The molecule has 0 radical (unpaired) electrons. The molecule has 0 aliphatic carbocycles. The number of nitriles is 1. The molecule has 0 saturated carbocycles. The van der Waals surface area contributed by atoms with Crippen LogP contribution in [-0.4, -0.2) is 10.2 Å². The molecule has 0 aromatic heterocycles. The van der Waals surface area contributed by atoms with Crippen molar-refractivity contribution in [2.24, 2.45) is 0 Å². The molecule has 2 N–H and O–H groups in total. The Morgan fingerprint density at radius 2 is 1.53 bits per heavy atom. The van der Waals surface area contributed by atoms with E-state index in [-0.39, 0.29) is 11.3 Å². The van der Waals surface area contributed by atoms with Crippen LogP contribution in [0.25, 0.3) is 11.1 Å². The van der Waals surface area contributed by atoms with E-state index in [0.29, 0.717) is 11.1 Å². The third kappa shape index (κ3) is 2.04. The summed E-state index contributed by atoms with van der Waals surface area (Å²) in [4.78, 5) is 0. The quantitative estimate of drug-likeness (QED) is 0.790. The van der Waals surface area contributed by atoms with Crippen molar-refractivity contribution in [3.63, 3.8) is 0 Å². The number of benzene rings is 2. The van der Waals surface area contributed by atoms with Gasteiger partial charge in [-0.25, -0.2) is 4.39 Å². The Morgan fingerprint density at radius 1 is 0.941 bits per heavy atom.